The van der Waals surface area contributed by atoms with Gasteiger partial charge in [0, 0.05) is 37.2 Å². The zero-order valence-electron chi connectivity index (χ0n) is 15.2. The number of amides is 1. The molecule has 5 heteroatoms. The maximum atomic E-state index is 12.4. The molecule has 1 aliphatic heterocycles. The lowest BCUT2D eigenvalue weighted by Gasteiger charge is -2.55. The molecule has 1 saturated heterocycles. The summed E-state index contributed by atoms with van der Waals surface area (Å²) < 4.78 is 11.1. The van der Waals surface area contributed by atoms with E-state index in [4.69, 9.17) is 9.15 Å². The molecule has 2 saturated carbocycles. The van der Waals surface area contributed by atoms with Gasteiger partial charge in [-0.15, -0.1) is 0 Å². The molecule has 0 bridgehead atoms. The van der Waals surface area contributed by atoms with Crippen LogP contribution in [0.2, 0.25) is 0 Å². The first kappa shape index (κ1) is 17.1. The highest BCUT2D eigenvalue weighted by Crippen LogP contribution is 2.55. The van der Waals surface area contributed by atoms with Crippen molar-refractivity contribution >= 4 is 5.91 Å². The fourth-order valence-corrected chi connectivity index (χ4v) is 5.22. The summed E-state index contributed by atoms with van der Waals surface area (Å²) in [6.07, 6.45) is 12.1. The maximum Gasteiger partial charge on any atom is 0.257 e. The Morgan fingerprint density at radius 2 is 2.12 bits per heavy atom. The van der Waals surface area contributed by atoms with Crippen LogP contribution in [0, 0.1) is 5.41 Å². The van der Waals surface area contributed by atoms with Gasteiger partial charge in [-0.1, -0.05) is 12.8 Å². The minimum Gasteiger partial charge on any atom is -0.472 e. The molecule has 0 radical (unpaired) electrons. The van der Waals surface area contributed by atoms with Crippen molar-refractivity contribution in [2.75, 3.05) is 19.7 Å². The number of piperidine rings is 1. The molecule has 0 aromatic carbocycles. The first-order chi connectivity index (χ1) is 12.2. The Bertz CT molecular complexity index is 572. The number of nitrogens with one attached hydrogen (secondary N) is 1. The predicted molar refractivity (Wildman–Crippen MR) is 95.5 cm³/mol. The molecule has 2 aliphatic carbocycles. The number of carbonyl (C=O) groups is 1. The molecule has 5 nitrogen and oxygen atoms in total. The van der Waals surface area contributed by atoms with Crippen LogP contribution in [0.1, 0.15) is 62.2 Å². The summed E-state index contributed by atoms with van der Waals surface area (Å²) >= 11 is 0. The van der Waals surface area contributed by atoms with Crippen molar-refractivity contribution in [1.82, 2.24) is 10.2 Å². The van der Waals surface area contributed by atoms with Crippen LogP contribution in [-0.2, 0) is 4.74 Å². The van der Waals surface area contributed by atoms with Crippen molar-refractivity contribution < 1.29 is 13.9 Å². The van der Waals surface area contributed by atoms with E-state index in [1.54, 1.807) is 18.6 Å². The fourth-order valence-electron chi connectivity index (χ4n) is 5.22. The smallest absolute Gasteiger partial charge is 0.257 e. The third-order valence-corrected chi connectivity index (χ3v) is 6.67. The minimum absolute atomic E-state index is 0.0968. The quantitative estimate of drug-likeness (QED) is 0.889. The first-order valence-corrected chi connectivity index (χ1v) is 9.92. The van der Waals surface area contributed by atoms with E-state index < -0.39 is 0 Å². The van der Waals surface area contributed by atoms with Gasteiger partial charge in [0.2, 0.25) is 0 Å². The predicted octanol–water partition coefficient (Wildman–Crippen LogP) is 3.21. The molecule has 0 unspecified atom stereocenters. The molecule has 1 N–H and O–H groups in total. The molecule has 3 fully saturated rings. The molecule has 4 rings (SSSR count). The fraction of sp³-hybridized carbons (Fsp3) is 0.750. The van der Waals surface area contributed by atoms with Gasteiger partial charge in [-0.2, -0.15) is 0 Å². The van der Waals surface area contributed by atoms with Crippen molar-refractivity contribution in [2.24, 2.45) is 5.41 Å². The van der Waals surface area contributed by atoms with Gasteiger partial charge in [-0.05, 0) is 45.1 Å². The molecule has 2 atom stereocenters. The van der Waals surface area contributed by atoms with Crippen LogP contribution in [0.4, 0.5) is 0 Å². The average Bonchev–Trinajstić information content (AvgIpc) is 3.33. The highest BCUT2D eigenvalue weighted by Gasteiger charge is 2.56. The average molecular weight is 346 g/mol. The Balaban J connectivity index is 1.30. The highest BCUT2D eigenvalue weighted by molar-refractivity contribution is 5.93. The number of nitrogens with zero attached hydrogens (tertiary/aromatic N) is 1. The van der Waals surface area contributed by atoms with Gasteiger partial charge in [0.1, 0.15) is 6.26 Å². The Morgan fingerprint density at radius 1 is 1.36 bits per heavy atom. The number of hydrogen-bond acceptors (Lipinski definition) is 4. The lowest BCUT2D eigenvalue weighted by Crippen LogP contribution is -2.65. The lowest BCUT2D eigenvalue weighted by atomic mass is 9.60. The van der Waals surface area contributed by atoms with Gasteiger partial charge in [-0.3, -0.25) is 4.79 Å². The number of rotatable bonds is 5. The monoisotopic (exact) mass is 346 g/mol. The van der Waals surface area contributed by atoms with Gasteiger partial charge in [0.05, 0.1) is 17.9 Å². The molecule has 1 spiro atoms. The van der Waals surface area contributed by atoms with Crippen LogP contribution in [0.15, 0.2) is 23.0 Å². The van der Waals surface area contributed by atoms with Crippen LogP contribution in [-0.4, -0.2) is 48.7 Å². The second kappa shape index (κ2) is 7.12. The van der Waals surface area contributed by atoms with E-state index in [-0.39, 0.29) is 5.91 Å². The number of likely N-dealkylation sites (tertiary alicyclic amines) is 1. The number of ether oxygens (including phenoxy) is 1. The van der Waals surface area contributed by atoms with E-state index in [0.717, 1.165) is 39.0 Å². The summed E-state index contributed by atoms with van der Waals surface area (Å²) in [7, 11) is 0. The molecule has 25 heavy (non-hydrogen) atoms. The Kier molecular flexibility index (Phi) is 4.87. The maximum absolute atomic E-state index is 12.4. The Morgan fingerprint density at radius 3 is 2.76 bits per heavy atom. The number of hydrogen-bond donors (Lipinski definition) is 1. The van der Waals surface area contributed by atoms with Crippen LogP contribution in [0.5, 0.6) is 0 Å². The largest absolute Gasteiger partial charge is 0.472 e. The van der Waals surface area contributed by atoms with Crippen molar-refractivity contribution in [3.05, 3.63) is 24.2 Å². The van der Waals surface area contributed by atoms with Gasteiger partial charge in [0.15, 0.2) is 0 Å². The summed E-state index contributed by atoms with van der Waals surface area (Å²) in [6.45, 7) is 4.59. The van der Waals surface area contributed by atoms with Crippen molar-refractivity contribution in [2.45, 2.75) is 70.1 Å². The second-order valence-electron chi connectivity index (χ2n) is 7.92. The molecule has 2 heterocycles. The minimum atomic E-state index is 0.0968. The van der Waals surface area contributed by atoms with E-state index in [9.17, 15) is 4.79 Å². The summed E-state index contributed by atoms with van der Waals surface area (Å²) in [4.78, 5) is 14.4. The third-order valence-electron chi connectivity index (χ3n) is 6.67. The number of furan rings is 1. The van der Waals surface area contributed by atoms with Crippen molar-refractivity contribution in [3.8, 4) is 0 Å². The SMILES string of the molecule is CCO[C@@H]1C[C@@H](NC2CCN(C(=O)c3ccoc3)CC2)C12CCCC2. The summed E-state index contributed by atoms with van der Waals surface area (Å²) in [6, 6.07) is 2.88. The highest BCUT2D eigenvalue weighted by atomic mass is 16.5. The van der Waals surface area contributed by atoms with Gasteiger partial charge < -0.3 is 19.4 Å². The van der Waals surface area contributed by atoms with E-state index >= 15 is 0 Å². The van der Waals surface area contributed by atoms with E-state index in [0.29, 0.717) is 29.2 Å². The molecular weight excluding hydrogens is 316 g/mol. The zero-order chi connectivity index (χ0) is 17.3. The molecule has 3 aliphatic rings. The molecular formula is C20H30N2O3. The Hall–Kier alpha value is -1.33. The lowest BCUT2D eigenvalue weighted by molar-refractivity contribution is -0.133. The Labute approximate surface area is 150 Å². The summed E-state index contributed by atoms with van der Waals surface area (Å²) in [5.74, 6) is 0.0968. The van der Waals surface area contributed by atoms with Crippen LogP contribution < -0.4 is 5.32 Å². The van der Waals surface area contributed by atoms with Gasteiger partial charge in [-0.25, -0.2) is 0 Å². The standard InChI is InChI=1S/C20H30N2O3/c1-2-25-18-13-17(20(18)8-3-4-9-20)21-16-5-10-22(11-6-16)19(23)15-7-12-24-14-15/h7,12,14,16-18,21H,2-6,8-11,13H2,1H3/t17-,18-/m1/s1. The normalized spacial score (nSPS) is 29.1. The van der Waals surface area contributed by atoms with Crippen LogP contribution in [0.25, 0.3) is 0 Å². The van der Waals surface area contributed by atoms with Gasteiger partial charge in [0.25, 0.3) is 5.91 Å². The third kappa shape index (κ3) is 3.13. The van der Waals surface area contributed by atoms with Crippen molar-refractivity contribution in [3.63, 3.8) is 0 Å². The number of carbonyl (C=O) groups excluding carboxylic acids is 1. The van der Waals surface area contributed by atoms with Crippen molar-refractivity contribution in [1.29, 1.82) is 0 Å². The van der Waals surface area contributed by atoms with Crippen LogP contribution >= 0.6 is 0 Å². The summed E-state index contributed by atoms with van der Waals surface area (Å²) in [5.41, 5.74) is 1.05. The summed E-state index contributed by atoms with van der Waals surface area (Å²) in [5, 5.41) is 3.93. The topological polar surface area (TPSA) is 54.7 Å². The molecule has 1 amide bonds. The zero-order valence-corrected chi connectivity index (χ0v) is 15.2. The first-order valence-electron chi connectivity index (χ1n) is 9.92. The van der Waals surface area contributed by atoms with Crippen LogP contribution in [0.3, 0.4) is 0 Å². The second-order valence-corrected chi connectivity index (χ2v) is 7.92. The molecule has 138 valence electrons. The van der Waals surface area contributed by atoms with E-state index in [1.807, 2.05) is 4.90 Å². The van der Waals surface area contributed by atoms with E-state index in [1.165, 1.54) is 25.7 Å². The van der Waals surface area contributed by atoms with E-state index in [2.05, 4.69) is 12.2 Å². The molecule has 1 aromatic heterocycles. The van der Waals surface area contributed by atoms with Gasteiger partial charge >= 0.3 is 0 Å². The molecule has 1 aromatic rings.